The number of ether oxygens (including phenoxy) is 5. The second kappa shape index (κ2) is 15.7. The van der Waals surface area contributed by atoms with E-state index in [2.05, 4.69) is 11.6 Å². The number of aliphatic imine (C=N–C) groups is 1. The largest absolute Gasteiger partial charge is 0.459 e. The van der Waals surface area contributed by atoms with E-state index in [1.165, 1.54) is 6.92 Å². The van der Waals surface area contributed by atoms with Gasteiger partial charge in [-0.05, 0) is 78.0 Å². The number of amides is 1. The van der Waals surface area contributed by atoms with Gasteiger partial charge in [-0.1, -0.05) is 41.2 Å². The maximum Gasteiger partial charge on any atom is 0.309 e. The summed E-state index contributed by atoms with van der Waals surface area (Å²) in [5.74, 6) is -2.48. The third kappa shape index (κ3) is 8.84. The minimum atomic E-state index is -1.62. The van der Waals surface area contributed by atoms with Crippen molar-refractivity contribution in [3.63, 3.8) is 0 Å². The van der Waals surface area contributed by atoms with E-state index in [1.54, 1.807) is 6.92 Å². The molecule has 0 aromatic heterocycles. The molecule has 11 nitrogen and oxygen atoms in total. The lowest BCUT2D eigenvalue weighted by Crippen LogP contribution is -2.59. The Kier molecular flexibility index (Phi) is 13.2. The molecule has 3 rings (SSSR count). The van der Waals surface area contributed by atoms with Crippen LogP contribution in [0, 0.1) is 23.7 Å². The first-order valence-electron chi connectivity index (χ1n) is 16.9. The van der Waals surface area contributed by atoms with Crippen LogP contribution in [0.25, 0.3) is 0 Å². The highest BCUT2D eigenvalue weighted by molar-refractivity contribution is 5.97. The van der Waals surface area contributed by atoms with Crippen LogP contribution in [0.2, 0.25) is 0 Å². The molecular formula is C35H60N2O9. The zero-order valence-corrected chi connectivity index (χ0v) is 29.9. The number of carbonyl (C=O) groups excluding carboxylic acids is 2. The molecule has 264 valence electrons. The zero-order valence-electron chi connectivity index (χ0n) is 29.9. The van der Waals surface area contributed by atoms with E-state index in [0.717, 1.165) is 0 Å². The fourth-order valence-electron chi connectivity index (χ4n) is 7.81. The summed E-state index contributed by atoms with van der Waals surface area (Å²) in [5, 5.41) is 23.5. The zero-order chi connectivity index (χ0) is 34.7. The van der Waals surface area contributed by atoms with E-state index in [4.69, 9.17) is 23.7 Å². The summed E-state index contributed by atoms with van der Waals surface area (Å²) in [4.78, 5) is 32.6. The van der Waals surface area contributed by atoms with Crippen LogP contribution in [-0.4, -0.2) is 114 Å². The number of cyclic esters (lactones) is 1. The van der Waals surface area contributed by atoms with Crippen LogP contribution in [0.15, 0.2) is 17.1 Å². The fourth-order valence-corrected chi connectivity index (χ4v) is 7.81. The minimum Gasteiger partial charge on any atom is -0.459 e. The van der Waals surface area contributed by atoms with Crippen molar-refractivity contribution in [1.82, 2.24) is 4.90 Å². The third-order valence-electron chi connectivity index (χ3n) is 10.2. The maximum atomic E-state index is 13.6. The second-order valence-corrected chi connectivity index (χ2v) is 14.8. The topological polar surface area (TPSA) is 136 Å². The molecule has 0 unspecified atom stereocenters. The van der Waals surface area contributed by atoms with E-state index < -0.39 is 59.7 Å². The maximum absolute atomic E-state index is 13.6. The molecule has 0 saturated carbocycles. The average molecular weight is 653 g/mol. The second-order valence-electron chi connectivity index (χ2n) is 14.8. The number of hydrogen-bond donors (Lipinski definition) is 2. The summed E-state index contributed by atoms with van der Waals surface area (Å²) in [6.45, 7) is 20.9. The van der Waals surface area contributed by atoms with Gasteiger partial charge >= 0.3 is 5.97 Å². The third-order valence-corrected chi connectivity index (χ3v) is 10.2. The van der Waals surface area contributed by atoms with Gasteiger partial charge in [0.05, 0.1) is 43.0 Å². The molecule has 3 saturated heterocycles. The van der Waals surface area contributed by atoms with Gasteiger partial charge < -0.3 is 38.8 Å². The van der Waals surface area contributed by atoms with Crippen LogP contribution in [0.5, 0.6) is 0 Å². The number of hydrogen-bond acceptors (Lipinski definition) is 10. The first kappa shape index (κ1) is 38.7. The lowest BCUT2D eigenvalue weighted by molar-refractivity contribution is -0.298. The van der Waals surface area contributed by atoms with E-state index in [9.17, 15) is 19.8 Å². The van der Waals surface area contributed by atoms with Gasteiger partial charge in [0.25, 0.3) is 0 Å². The molecule has 1 amide bonds. The van der Waals surface area contributed by atoms with Gasteiger partial charge in [0.15, 0.2) is 6.29 Å². The molecule has 0 aromatic carbocycles. The smallest absolute Gasteiger partial charge is 0.309 e. The fraction of sp³-hybridized carbons (Fsp3) is 0.857. The molecule has 3 fully saturated rings. The number of aliphatic hydroxyl groups is 2. The number of carbonyl (C=O) groups is 2. The molecule has 46 heavy (non-hydrogen) atoms. The van der Waals surface area contributed by atoms with Gasteiger partial charge in [-0.3, -0.25) is 9.59 Å². The molecule has 3 heterocycles. The summed E-state index contributed by atoms with van der Waals surface area (Å²) in [6, 6.07) is -0.181. The van der Waals surface area contributed by atoms with Gasteiger partial charge in [0.2, 0.25) is 5.91 Å². The summed E-state index contributed by atoms with van der Waals surface area (Å²) >= 11 is 0. The summed E-state index contributed by atoms with van der Waals surface area (Å²) in [6.07, 6.45) is -2.70. The van der Waals surface area contributed by atoms with Gasteiger partial charge in [-0.15, -0.1) is 0 Å². The Balaban J connectivity index is 2.23. The molecule has 0 aromatic rings. The van der Waals surface area contributed by atoms with Crippen molar-refractivity contribution in [3.8, 4) is 0 Å². The van der Waals surface area contributed by atoms with Crippen molar-refractivity contribution >= 4 is 17.6 Å². The Hall–Kier alpha value is -1.73. The molecule has 2 N–H and O–H groups in total. The minimum absolute atomic E-state index is 0.0668. The molecule has 0 aliphatic carbocycles. The highest BCUT2D eigenvalue weighted by Gasteiger charge is 2.51. The predicted octanol–water partition coefficient (Wildman–Crippen LogP) is 3.93. The van der Waals surface area contributed by atoms with Crippen LogP contribution in [0.4, 0.5) is 0 Å². The van der Waals surface area contributed by atoms with Gasteiger partial charge in [-0.2, -0.15) is 0 Å². The van der Waals surface area contributed by atoms with E-state index in [1.807, 2.05) is 67.5 Å². The van der Waals surface area contributed by atoms with Crippen LogP contribution in [0.1, 0.15) is 88.0 Å². The molecule has 3 aliphatic rings. The Labute approximate surface area is 276 Å². The number of fused-ring (bicyclic) bond motifs is 5. The Morgan fingerprint density at radius 1 is 1.11 bits per heavy atom. The quantitative estimate of drug-likeness (QED) is 0.340. The molecular weight excluding hydrogens is 592 g/mol. The normalized spacial score (nSPS) is 44.7. The monoisotopic (exact) mass is 652 g/mol. The van der Waals surface area contributed by atoms with Crippen LogP contribution >= 0.6 is 0 Å². The van der Waals surface area contributed by atoms with Crippen molar-refractivity contribution in [2.75, 3.05) is 27.3 Å². The van der Waals surface area contributed by atoms with E-state index in [0.29, 0.717) is 37.0 Å². The number of aliphatic hydroxyl groups excluding tert-OH is 1. The van der Waals surface area contributed by atoms with E-state index in [-0.39, 0.29) is 43.1 Å². The Bertz CT molecular complexity index is 1110. The van der Waals surface area contributed by atoms with Gasteiger partial charge in [0.1, 0.15) is 17.8 Å². The Morgan fingerprint density at radius 2 is 1.76 bits per heavy atom. The predicted molar refractivity (Wildman–Crippen MR) is 175 cm³/mol. The lowest BCUT2D eigenvalue weighted by Gasteiger charge is -2.48. The van der Waals surface area contributed by atoms with Crippen molar-refractivity contribution in [3.05, 3.63) is 12.2 Å². The first-order chi connectivity index (χ1) is 21.3. The highest BCUT2D eigenvalue weighted by atomic mass is 16.7. The summed E-state index contributed by atoms with van der Waals surface area (Å²) in [5.41, 5.74) is -1.44. The van der Waals surface area contributed by atoms with Crippen molar-refractivity contribution in [2.24, 2.45) is 28.7 Å². The number of rotatable bonds is 4. The average Bonchev–Trinajstić information content (AvgIpc) is 2.97. The van der Waals surface area contributed by atoms with Crippen LogP contribution in [0.3, 0.4) is 0 Å². The van der Waals surface area contributed by atoms with Gasteiger partial charge in [0, 0.05) is 24.6 Å². The lowest BCUT2D eigenvalue weighted by atomic mass is 9.74. The molecule has 3 aliphatic heterocycles. The number of likely N-dealkylation sites (N-methyl/N-ethyl adjacent to an activating group) is 1. The molecule has 13 atom stereocenters. The van der Waals surface area contributed by atoms with Gasteiger partial charge in [-0.25, -0.2) is 4.99 Å². The number of nitrogens with zero attached hydrogens (tertiary/aromatic N) is 2. The van der Waals surface area contributed by atoms with Crippen LogP contribution < -0.4 is 0 Å². The summed E-state index contributed by atoms with van der Waals surface area (Å²) in [7, 11) is 3.85. The van der Waals surface area contributed by atoms with E-state index >= 15 is 0 Å². The Morgan fingerprint density at radius 3 is 2.35 bits per heavy atom. The first-order valence-corrected chi connectivity index (χ1v) is 16.9. The van der Waals surface area contributed by atoms with Crippen molar-refractivity contribution in [2.45, 2.75) is 142 Å². The summed E-state index contributed by atoms with van der Waals surface area (Å²) < 4.78 is 32.2. The molecule has 11 heteroatoms. The van der Waals surface area contributed by atoms with Crippen molar-refractivity contribution in [1.29, 1.82) is 0 Å². The van der Waals surface area contributed by atoms with Crippen molar-refractivity contribution < 1.29 is 43.5 Å². The number of esters is 1. The highest BCUT2D eigenvalue weighted by Crippen LogP contribution is 2.41. The molecule has 0 spiro atoms. The molecule has 2 bridgehead atoms. The van der Waals surface area contributed by atoms with Crippen LogP contribution in [-0.2, 0) is 33.3 Å². The molecule has 0 radical (unpaired) electrons. The standard InChI is InChI=1S/C35H60N2O9/c1-13-27-35(10,41)31-24(7)28(36-25(8)38)22(5)16-34(9,43-18-19(2)17-42-31)30(20(3)14-21(4)32(40)45-27)46-33-29(39)26(37(11)12)15-23(6)44-33/h20-24,26-27,29-31,33,39,41H,2,13-18H2,1,3-12H3/t20-,21+,22+,23+,24+,26-,27-,29+,30+,31-,33-,34+,35+/m0/s1. The SMILES string of the molecule is C=C1CO[C@H]2[C@H](C)C(=NC(C)=O)[C@H](C)C[C@@](C)(OC1)[C@H](O[C@@H]1O[C@H](C)C[C@H](N(C)C)[C@H]1O)[C@@H](C)C[C@@H](C)C(=O)O[C@@H](CC)[C@@]2(C)O.